The quantitative estimate of drug-likeness (QED) is 0.862. The minimum absolute atomic E-state index is 0.0225. The Hall–Kier alpha value is -2.90. The largest absolute Gasteiger partial charge is 0.416 e. The minimum atomic E-state index is -4.49. The number of pyridine rings is 1. The molecule has 0 spiro atoms. The summed E-state index contributed by atoms with van der Waals surface area (Å²) in [7, 11) is 0. The zero-order chi connectivity index (χ0) is 20.3. The smallest absolute Gasteiger partial charge is 0.339 e. The molecule has 0 saturated carbocycles. The van der Waals surface area contributed by atoms with Gasteiger partial charge < -0.3 is 10.2 Å². The molecule has 2 aromatic rings. The van der Waals surface area contributed by atoms with Gasteiger partial charge in [-0.1, -0.05) is 6.07 Å². The van der Waals surface area contributed by atoms with Crippen molar-refractivity contribution in [1.82, 2.24) is 9.88 Å². The number of aromatic nitrogens is 1. The Morgan fingerprint density at radius 2 is 1.89 bits per heavy atom. The number of anilines is 1. The first-order valence-corrected chi connectivity index (χ1v) is 8.96. The molecule has 3 rings (SSSR count). The Morgan fingerprint density at radius 3 is 2.57 bits per heavy atom. The summed E-state index contributed by atoms with van der Waals surface area (Å²) < 4.78 is 38.4. The lowest BCUT2D eigenvalue weighted by Gasteiger charge is -2.18. The fraction of sp³-hybridized carbons (Fsp3) is 0.350. The first-order chi connectivity index (χ1) is 13.3. The highest BCUT2D eigenvalue weighted by molar-refractivity contribution is 5.99. The Labute approximate surface area is 160 Å². The van der Waals surface area contributed by atoms with Gasteiger partial charge in [-0.15, -0.1) is 0 Å². The van der Waals surface area contributed by atoms with Crippen LogP contribution in [0.25, 0.3) is 0 Å². The second kappa shape index (κ2) is 8.00. The summed E-state index contributed by atoms with van der Waals surface area (Å²) in [4.78, 5) is 30.5. The third-order valence-corrected chi connectivity index (χ3v) is 4.72. The van der Waals surface area contributed by atoms with Crippen LogP contribution in [0, 0.1) is 6.92 Å². The van der Waals surface area contributed by atoms with E-state index in [1.54, 1.807) is 30.0 Å². The number of likely N-dealkylation sites (tertiary alicyclic amines) is 1. The molecule has 2 amide bonds. The van der Waals surface area contributed by atoms with Crippen LogP contribution in [-0.2, 0) is 17.4 Å². The molecule has 1 aliphatic heterocycles. The van der Waals surface area contributed by atoms with Crippen molar-refractivity contribution in [3.05, 3.63) is 58.9 Å². The van der Waals surface area contributed by atoms with Gasteiger partial charge in [0.1, 0.15) is 0 Å². The molecule has 0 aliphatic carbocycles. The number of hydrogen-bond acceptors (Lipinski definition) is 3. The number of hydrogen-bond donors (Lipinski definition) is 1. The molecule has 1 aliphatic rings. The number of nitrogens with one attached hydrogen (secondary N) is 1. The van der Waals surface area contributed by atoms with Crippen molar-refractivity contribution in [2.24, 2.45) is 0 Å². The fourth-order valence-corrected chi connectivity index (χ4v) is 3.20. The molecule has 2 heterocycles. The lowest BCUT2D eigenvalue weighted by atomic mass is 10.1. The van der Waals surface area contributed by atoms with Crippen LogP contribution < -0.4 is 5.32 Å². The molecule has 0 atom stereocenters. The van der Waals surface area contributed by atoms with Gasteiger partial charge in [0.25, 0.3) is 5.91 Å². The van der Waals surface area contributed by atoms with E-state index in [0.29, 0.717) is 16.8 Å². The van der Waals surface area contributed by atoms with Crippen LogP contribution in [0.4, 0.5) is 18.9 Å². The summed E-state index contributed by atoms with van der Waals surface area (Å²) in [5, 5.41) is 2.67. The standard InChI is InChI=1S/C20H20F3N3O2/c1-13-16(19(28)26-9-2-3-10-26)5-4-6-17(13)25-18(27)12-15-11-14(7-8-24-15)20(21,22)23/h4-8,11H,2-3,9-10,12H2,1H3,(H,25,27). The monoisotopic (exact) mass is 391 g/mol. The second-order valence-corrected chi connectivity index (χ2v) is 6.74. The van der Waals surface area contributed by atoms with E-state index in [2.05, 4.69) is 10.3 Å². The van der Waals surface area contributed by atoms with Crippen molar-refractivity contribution in [3.8, 4) is 0 Å². The van der Waals surface area contributed by atoms with Crippen molar-refractivity contribution in [2.45, 2.75) is 32.4 Å². The van der Waals surface area contributed by atoms with Gasteiger partial charge in [-0.3, -0.25) is 14.6 Å². The second-order valence-electron chi connectivity index (χ2n) is 6.74. The lowest BCUT2D eigenvalue weighted by molar-refractivity contribution is -0.137. The minimum Gasteiger partial charge on any atom is -0.339 e. The van der Waals surface area contributed by atoms with E-state index >= 15 is 0 Å². The van der Waals surface area contributed by atoms with E-state index in [0.717, 1.165) is 44.3 Å². The van der Waals surface area contributed by atoms with E-state index in [4.69, 9.17) is 0 Å². The molecule has 1 fully saturated rings. The third kappa shape index (κ3) is 4.49. The molecule has 0 radical (unpaired) electrons. The molecule has 0 bridgehead atoms. The molecule has 28 heavy (non-hydrogen) atoms. The highest BCUT2D eigenvalue weighted by atomic mass is 19.4. The third-order valence-electron chi connectivity index (χ3n) is 4.72. The van der Waals surface area contributed by atoms with Crippen LogP contribution in [0.1, 0.15) is 40.0 Å². The number of rotatable bonds is 4. The highest BCUT2D eigenvalue weighted by Gasteiger charge is 2.30. The molecule has 8 heteroatoms. The summed E-state index contributed by atoms with van der Waals surface area (Å²) in [6.07, 6.45) is -1.80. The molecular weight excluding hydrogens is 371 g/mol. The number of alkyl halides is 3. The van der Waals surface area contributed by atoms with E-state index in [-0.39, 0.29) is 18.0 Å². The van der Waals surface area contributed by atoms with E-state index < -0.39 is 17.6 Å². The number of benzene rings is 1. The van der Waals surface area contributed by atoms with Crippen LogP contribution in [-0.4, -0.2) is 34.8 Å². The van der Waals surface area contributed by atoms with E-state index in [9.17, 15) is 22.8 Å². The lowest BCUT2D eigenvalue weighted by Crippen LogP contribution is -2.28. The van der Waals surface area contributed by atoms with E-state index in [1.165, 1.54) is 0 Å². The average molecular weight is 391 g/mol. The normalized spacial score (nSPS) is 14.2. The van der Waals surface area contributed by atoms with Gasteiger partial charge in [-0.2, -0.15) is 13.2 Å². The van der Waals surface area contributed by atoms with Crippen LogP contribution in [0.5, 0.6) is 0 Å². The summed E-state index contributed by atoms with van der Waals surface area (Å²) in [6.45, 7) is 3.17. The molecule has 0 unspecified atom stereocenters. The van der Waals surface area contributed by atoms with Gasteiger partial charge in [0.2, 0.25) is 5.91 Å². The molecule has 5 nitrogen and oxygen atoms in total. The molecule has 1 aromatic heterocycles. The van der Waals surface area contributed by atoms with Crippen LogP contribution >= 0.6 is 0 Å². The zero-order valence-electron chi connectivity index (χ0n) is 15.3. The van der Waals surface area contributed by atoms with Crippen molar-refractivity contribution >= 4 is 17.5 Å². The van der Waals surface area contributed by atoms with Crippen molar-refractivity contribution in [1.29, 1.82) is 0 Å². The summed E-state index contributed by atoms with van der Waals surface area (Å²) in [5.74, 6) is -0.577. The van der Waals surface area contributed by atoms with Crippen molar-refractivity contribution < 1.29 is 22.8 Å². The first kappa shape index (κ1) is 19.9. The first-order valence-electron chi connectivity index (χ1n) is 8.96. The maximum Gasteiger partial charge on any atom is 0.416 e. The molecule has 148 valence electrons. The summed E-state index contributed by atoms with van der Waals surface area (Å²) in [6, 6.07) is 6.76. The van der Waals surface area contributed by atoms with E-state index in [1.807, 2.05) is 0 Å². The van der Waals surface area contributed by atoms with Gasteiger partial charge >= 0.3 is 6.18 Å². The van der Waals surface area contributed by atoms with Gasteiger partial charge in [0.15, 0.2) is 0 Å². The van der Waals surface area contributed by atoms with Gasteiger partial charge in [-0.05, 0) is 49.6 Å². The topological polar surface area (TPSA) is 62.3 Å². The van der Waals surface area contributed by atoms with Gasteiger partial charge in [-0.25, -0.2) is 0 Å². The molecule has 1 N–H and O–H groups in total. The Bertz CT molecular complexity index is 891. The molecule has 1 aromatic carbocycles. The molecular formula is C20H20F3N3O2. The van der Waals surface area contributed by atoms with Crippen LogP contribution in [0.15, 0.2) is 36.5 Å². The SMILES string of the molecule is Cc1c(NC(=O)Cc2cc(C(F)(F)F)ccn2)cccc1C(=O)N1CCCC1. The number of amides is 2. The van der Waals surface area contributed by atoms with Crippen LogP contribution in [0.3, 0.4) is 0 Å². The Balaban J connectivity index is 1.72. The maximum absolute atomic E-state index is 12.8. The summed E-state index contributed by atoms with van der Waals surface area (Å²) >= 11 is 0. The van der Waals surface area contributed by atoms with Crippen molar-refractivity contribution in [2.75, 3.05) is 18.4 Å². The van der Waals surface area contributed by atoms with Crippen molar-refractivity contribution in [3.63, 3.8) is 0 Å². The zero-order valence-corrected chi connectivity index (χ0v) is 15.3. The predicted octanol–water partition coefficient (Wildman–Crippen LogP) is 3.83. The van der Waals surface area contributed by atoms with Gasteiger partial charge in [0, 0.05) is 30.5 Å². The number of carbonyl (C=O) groups is 2. The molecule has 1 saturated heterocycles. The number of carbonyl (C=O) groups excluding carboxylic acids is 2. The highest BCUT2D eigenvalue weighted by Crippen LogP contribution is 2.29. The van der Waals surface area contributed by atoms with Gasteiger partial charge in [0.05, 0.1) is 17.7 Å². The Morgan fingerprint density at radius 1 is 1.18 bits per heavy atom. The number of nitrogens with zero attached hydrogens (tertiary/aromatic N) is 2. The summed E-state index contributed by atoms with van der Waals surface area (Å²) in [5.41, 5.74) is 0.776. The maximum atomic E-state index is 12.8. The predicted molar refractivity (Wildman–Crippen MR) is 97.9 cm³/mol. The average Bonchev–Trinajstić information content (AvgIpc) is 3.17. The number of halogens is 3. The fourth-order valence-electron chi connectivity index (χ4n) is 3.20. The van der Waals surface area contributed by atoms with Crippen LogP contribution in [0.2, 0.25) is 0 Å². The Kier molecular flexibility index (Phi) is 5.67.